The van der Waals surface area contributed by atoms with E-state index in [4.69, 9.17) is 21.9 Å². The number of hydrogen-bond donors (Lipinski definition) is 2. The number of fused-ring (bicyclic) bond motifs is 2. The zero-order valence-electron chi connectivity index (χ0n) is 17.7. The number of ether oxygens (including phenoxy) is 1. The van der Waals surface area contributed by atoms with Crippen LogP contribution in [0.4, 0.5) is 10.7 Å². The molecule has 1 aliphatic carbocycles. The molecule has 162 valence electrons. The third-order valence-electron chi connectivity index (χ3n) is 5.47. The van der Waals surface area contributed by atoms with E-state index in [0.717, 1.165) is 51.6 Å². The molecule has 2 aromatic heterocycles. The van der Waals surface area contributed by atoms with E-state index >= 15 is 0 Å². The first kappa shape index (κ1) is 21.1. The van der Waals surface area contributed by atoms with Crippen LogP contribution in [0.5, 0.6) is 0 Å². The van der Waals surface area contributed by atoms with E-state index in [1.54, 1.807) is 22.7 Å². The lowest BCUT2D eigenvalue weighted by Gasteiger charge is -2.11. The molecule has 0 unspecified atom stereocenters. The number of anilines is 2. The lowest BCUT2D eigenvalue weighted by molar-refractivity contribution is 0.0601. The lowest BCUT2D eigenvalue weighted by Crippen LogP contribution is -2.20. The molecule has 0 spiro atoms. The highest BCUT2D eigenvalue weighted by molar-refractivity contribution is 7.80. The second-order valence-electron chi connectivity index (χ2n) is 7.70. The Kier molecular flexibility index (Phi) is 5.67. The molecule has 5 nitrogen and oxygen atoms in total. The molecule has 1 aliphatic rings. The first-order valence-electron chi connectivity index (χ1n) is 10.3. The van der Waals surface area contributed by atoms with Crippen LogP contribution in [0.1, 0.15) is 32.8 Å². The van der Waals surface area contributed by atoms with Crippen LogP contribution < -0.4 is 10.6 Å². The van der Waals surface area contributed by atoms with Crippen LogP contribution in [-0.2, 0) is 17.6 Å². The maximum absolute atomic E-state index is 12.3. The van der Waals surface area contributed by atoms with Gasteiger partial charge in [-0.2, -0.15) is 0 Å². The maximum Gasteiger partial charge on any atom is 0.341 e. The SMILES string of the molecule is COC(=O)c1c(NC(=S)Nc2ccc(-c3nc4ccc(C)cc4s3)cc2)sc2c1CCC2. The van der Waals surface area contributed by atoms with Gasteiger partial charge >= 0.3 is 5.97 Å². The normalized spacial score (nSPS) is 12.6. The third-order valence-corrected chi connectivity index (χ3v) is 7.95. The smallest absolute Gasteiger partial charge is 0.341 e. The summed E-state index contributed by atoms with van der Waals surface area (Å²) < 4.78 is 6.19. The van der Waals surface area contributed by atoms with Crippen molar-refractivity contribution in [2.45, 2.75) is 26.2 Å². The highest BCUT2D eigenvalue weighted by Gasteiger charge is 2.27. The largest absolute Gasteiger partial charge is 0.465 e. The van der Waals surface area contributed by atoms with Gasteiger partial charge in [0.15, 0.2) is 5.11 Å². The Hall–Kier alpha value is -2.81. The number of carbonyl (C=O) groups is 1. The van der Waals surface area contributed by atoms with Crippen LogP contribution in [0.3, 0.4) is 0 Å². The molecule has 0 radical (unpaired) electrons. The first-order chi connectivity index (χ1) is 15.5. The Morgan fingerprint density at radius 1 is 1.09 bits per heavy atom. The van der Waals surface area contributed by atoms with E-state index in [9.17, 15) is 4.79 Å². The number of thiophene rings is 1. The number of nitrogens with one attached hydrogen (secondary N) is 2. The second-order valence-corrected chi connectivity index (χ2v) is 10.2. The first-order valence-corrected chi connectivity index (χ1v) is 12.3. The number of thiocarbonyl (C=S) groups is 1. The fourth-order valence-corrected chi connectivity index (χ4v) is 6.56. The average Bonchev–Trinajstić information content (AvgIpc) is 3.47. The zero-order valence-corrected chi connectivity index (χ0v) is 20.1. The minimum absolute atomic E-state index is 0.315. The Bertz CT molecular complexity index is 1340. The number of rotatable bonds is 4. The van der Waals surface area contributed by atoms with Gasteiger partial charge in [-0.05, 0) is 85.9 Å². The Morgan fingerprint density at radius 3 is 2.69 bits per heavy atom. The van der Waals surface area contributed by atoms with Gasteiger partial charge in [-0.3, -0.25) is 0 Å². The summed E-state index contributed by atoms with van der Waals surface area (Å²) in [5.41, 5.74) is 5.91. The third kappa shape index (κ3) is 4.01. The van der Waals surface area contributed by atoms with Crippen molar-refractivity contribution in [3.8, 4) is 10.6 Å². The maximum atomic E-state index is 12.3. The summed E-state index contributed by atoms with van der Waals surface area (Å²) in [4.78, 5) is 18.3. The molecular weight excluding hydrogens is 458 g/mol. The number of hydrogen-bond acceptors (Lipinski definition) is 6. The van der Waals surface area contributed by atoms with E-state index in [-0.39, 0.29) is 5.97 Å². The number of aromatic nitrogens is 1. The van der Waals surface area contributed by atoms with Gasteiger partial charge in [0.25, 0.3) is 0 Å². The number of thiazole rings is 1. The average molecular weight is 480 g/mol. The minimum Gasteiger partial charge on any atom is -0.465 e. The molecular formula is C24H21N3O2S3. The lowest BCUT2D eigenvalue weighted by atomic mass is 10.1. The molecule has 8 heteroatoms. The van der Waals surface area contributed by atoms with Crippen molar-refractivity contribution in [3.63, 3.8) is 0 Å². The summed E-state index contributed by atoms with van der Waals surface area (Å²) >= 11 is 8.79. The van der Waals surface area contributed by atoms with Gasteiger partial charge < -0.3 is 15.4 Å². The number of carbonyl (C=O) groups excluding carboxylic acids is 1. The summed E-state index contributed by atoms with van der Waals surface area (Å²) in [5, 5.41) is 8.60. The van der Waals surface area contributed by atoms with Crippen molar-refractivity contribution in [2.75, 3.05) is 17.7 Å². The predicted octanol–water partition coefficient (Wildman–Crippen LogP) is 6.42. The van der Waals surface area contributed by atoms with E-state index in [0.29, 0.717) is 10.7 Å². The Labute approximate surface area is 199 Å². The van der Waals surface area contributed by atoms with Crippen molar-refractivity contribution < 1.29 is 9.53 Å². The van der Waals surface area contributed by atoms with Gasteiger partial charge in [-0.25, -0.2) is 9.78 Å². The molecule has 0 saturated carbocycles. The molecule has 0 aliphatic heterocycles. The van der Waals surface area contributed by atoms with Gasteiger partial charge in [-0.1, -0.05) is 6.07 Å². The monoisotopic (exact) mass is 479 g/mol. The van der Waals surface area contributed by atoms with Gasteiger partial charge in [0, 0.05) is 16.1 Å². The molecule has 0 atom stereocenters. The summed E-state index contributed by atoms with van der Waals surface area (Å²) in [6.07, 6.45) is 2.98. The predicted molar refractivity (Wildman–Crippen MR) is 137 cm³/mol. The molecule has 0 bridgehead atoms. The van der Waals surface area contributed by atoms with Crippen LogP contribution in [0, 0.1) is 6.92 Å². The highest BCUT2D eigenvalue weighted by atomic mass is 32.1. The fraction of sp³-hybridized carbons (Fsp3) is 0.208. The van der Waals surface area contributed by atoms with E-state index in [1.807, 2.05) is 24.3 Å². The molecule has 2 heterocycles. The van der Waals surface area contributed by atoms with Crippen LogP contribution in [0.25, 0.3) is 20.8 Å². The van der Waals surface area contributed by atoms with Crippen LogP contribution >= 0.6 is 34.9 Å². The van der Waals surface area contributed by atoms with Crippen molar-refractivity contribution in [2.24, 2.45) is 0 Å². The molecule has 0 fully saturated rings. The van der Waals surface area contributed by atoms with Gasteiger partial charge in [0.2, 0.25) is 0 Å². The second kappa shape index (κ2) is 8.61. The highest BCUT2D eigenvalue weighted by Crippen LogP contribution is 2.39. The summed E-state index contributed by atoms with van der Waals surface area (Å²) in [6.45, 7) is 2.09. The van der Waals surface area contributed by atoms with Crippen LogP contribution in [0.15, 0.2) is 42.5 Å². The molecule has 0 saturated heterocycles. The summed E-state index contributed by atoms with van der Waals surface area (Å²) in [6, 6.07) is 14.4. The van der Waals surface area contributed by atoms with Crippen LogP contribution in [0.2, 0.25) is 0 Å². The molecule has 2 aromatic carbocycles. The van der Waals surface area contributed by atoms with E-state index in [1.165, 1.54) is 22.3 Å². The number of nitrogens with zero attached hydrogens (tertiary/aromatic N) is 1. The number of methoxy groups -OCH3 is 1. The number of benzene rings is 2. The zero-order chi connectivity index (χ0) is 22.2. The molecule has 2 N–H and O–H groups in total. The molecule has 4 aromatic rings. The molecule has 5 rings (SSSR count). The number of aryl methyl sites for hydroxylation is 2. The van der Waals surface area contributed by atoms with Crippen molar-refractivity contribution in [1.82, 2.24) is 4.98 Å². The molecule has 0 amide bonds. The van der Waals surface area contributed by atoms with Gasteiger partial charge in [0.05, 0.1) is 22.9 Å². The minimum atomic E-state index is -0.315. The Morgan fingerprint density at radius 2 is 1.91 bits per heavy atom. The van der Waals surface area contributed by atoms with Crippen LogP contribution in [-0.4, -0.2) is 23.2 Å². The standard InChI is InChI=1S/C24H21N3O2S3/c1-13-6-11-17-19(12-13)32-21(26-17)14-7-9-15(10-8-14)25-24(30)27-22-20(23(28)29-2)16-4-3-5-18(16)31-22/h6-12H,3-5H2,1-2H3,(H2,25,27,30). The van der Waals surface area contributed by atoms with E-state index < -0.39 is 0 Å². The summed E-state index contributed by atoms with van der Waals surface area (Å²) in [5.74, 6) is -0.315. The Balaban J connectivity index is 1.31. The van der Waals surface area contributed by atoms with Crippen molar-refractivity contribution in [1.29, 1.82) is 0 Å². The quantitative estimate of drug-likeness (QED) is 0.260. The summed E-state index contributed by atoms with van der Waals surface area (Å²) in [7, 11) is 1.41. The molecule has 32 heavy (non-hydrogen) atoms. The van der Waals surface area contributed by atoms with Gasteiger partial charge in [0.1, 0.15) is 10.0 Å². The topological polar surface area (TPSA) is 63.2 Å². The van der Waals surface area contributed by atoms with Crippen molar-refractivity contribution >= 4 is 66.9 Å². The van der Waals surface area contributed by atoms with Crippen molar-refractivity contribution in [3.05, 3.63) is 64.0 Å². The van der Waals surface area contributed by atoms with Gasteiger partial charge in [-0.15, -0.1) is 22.7 Å². The fourth-order valence-electron chi connectivity index (χ4n) is 3.93. The number of esters is 1. The van der Waals surface area contributed by atoms with E-state index in [2.05, 4.69) is 35.8 Å².